The number of aliphatic hydroxyl groups excluding tert-OH is 1. The van der Waals surface area contributed by atoms with Crippen LogP contribution in [0.25, 0.3) is 10.6 Å². The average Bonchev–Trinajstić information content (AvgIpc) is 2.91. The lowest BCUT2D eigenvalue weighted by Crippen LogP contribution is -2.12. The van der Waals surface area contributed by atoms with E-state index < -0.39 is 12.1 Å². The van der Waals surface area contributed by atoms with Gasteiger partial charge in [0, 0.05) is 17.1 Å². The fraction of sp³-hybridized carbons (Fsp3) is 0.286. The van der Waals surface area contributed by atoms with E-state index >= 15 is 0 Å². The van der Waals surface area contributed by atoms with Crippen molar-refractivity contribution in [2.75, 3.05) is 0 Å². The lowest BCUT2D eigenvalue weighted by atomic mass is 9.86. The summed E-state index contributed by atoms with van der Waals surface area (Å²) in [5, 5.41) is 21.9. The van der Waals surface area contributed by atoms with Gasteiger partial charge in [-0.3, -0.25) is 0 Å². The van der Waals surface area contributed by atoms with Crippen LogP contribution >= 0.6 is 11.3 Å². The Bertz CT molecular complexity index is 622. The van der Waals surface area contributed by atoms with Crippen molar-refractivity contribution in [2.24, 2.45) is 0 Å². The third kappa shape index (κ3) is 2.15. The molecule has 1 heterocycles. The zero-order valence-electron chi connectivity index (χ0n) is 10.2. The number of thiazole rings is 1. The number of fused-ring (bicyclic) bond motifs is 1. The molecule has 0 saturated heterocycles. The van der Waals surface area contributed by atoms with Crippen LogP contribution in [0.5, 0.6) is 0 Å². The summed E-state index contributed by atoms with van der Waals surface area (Å²) in [7, 11) is 0. The molecule has 0 aliphatic heterocycles. The van der Waals surface area contributed by atoms with Crippen molar-refractivity contribution in [1.82, 2.24) is 4.98 Å². The maximum Gasteiger partial charge on any atom is 0.336 e. The first-order chi connectivity index (χ1) is 9.16. The van der Waals surface area contributed by atoms with Gasteiger partial charge in [0.15, 0.2) is 0 Å². The van der Waals surface area contributed by atoms with Crippen molar-refractivity contribution >= 4 is 17.3 Å². The Labute approximate surface area is 114 Å². The molecule has 4 nitrogen and oxygen atoms in total. The SMILES string of the molecule is O=C(O)c1cc2c(cc1-c1nccs1)C(O)CCC2. The number of aryl methyl sites for hydroxylation is 1. The first kappa shape index (κ1) is 12.3. The number of benzene rings is 1. The number of carbonyl (C=O) groups is 1. The summed E-state index contributed by atoms with van der Waals surface area (Å²) in [6, 6.07) is 3.48. The van der Waals surface area contributed by atoms with E-state index in [1.165, 1.54) is 11.3 Å². The largest absolute Gasteiger partial charge is 0.478 e. The maximum absolute atomic E-state index is 11.4. The predicted molar refractivity (Wildman–Crippen MR) is 72.4 cm³/mol. The Morgan fingerprint density at radius 3 is 2.95 bits per heavy atom. The minimum absolute atomic E-state index is 0.266. The van der Waals surface area contributed by atoms with E-state index in [0.717, 1.165) is 30.4 Å². The standard InChI is InChI=1S/C14H13NO3S/c16-12-3-1-2-8-6-11(14(17)18)10(7-9(8)12)13-15-4-5-19-13/h4-7,12,16H,1-3H2,(H,17,18). The van der Waals surface area contributed by atoms with Crippen LogP contribution in [0.4, 0.5) is 0 Å². The number of hydrogen-bond acceptors (Lipinski definition) is 4. The molecule has 3 rings (SSSR count). The van der Waals surface area contributed by atoms with E-state index in [0.29, 0.717) is 10.6 Å². The second-order valence-electron chi connectivity index (χ2n) is 4.65. The minimum Gasteiger partial charge on any atom is -0.478 e. The van der Waals surface area contributed by atoms with Crippen molar-refractivity contribution in [1.29, 1.82) is 0 Å². The van der Waals surface area contributed by atoms with Gasteiger partial charge in [0.05, 0.1) is 11.7 Å². The van der Waals surface area contributed by atoms with Crippen LogP contribution in [0.3, 0.4) is 0 Å². The van der Waals surface area contributed by atoms with E-state index in [4.69, 9.17) is 0 Å². The number of nitrogens with zero attached hydrogens (tertiary/aromatic N) is 1. The number of hydrogen-bond donors (Lipinski definition) is 2. The third-order valence-corrected chi connectivity index (χ3v) is 4.26. The molecule has 1 aliphatic carbocycles. The monoisotopic (exact) mass is 275 g/mol. The van der Waals surface area contributed by atoms with E-state index in [1.807, 2.05) is 5.38 Å². The molecule has 2 aromatic rings. The fourth-order valence-electron chi connectivity index (χ4n) is 2.54. The number of aliphatic hydroxyl groups is 1. The minimum atomic E-state index is -0.951. The highest BCUT2D eigenvalue weighted by Gasteiger charge is 2.23. The molecule has 0 bridgehead atoms. The van der Waals surface area contributed by atoms with Crippen molar-refractivity contribution in [3.8, 4) is 10.6 Å². The number of carboxylic acid groups (broad SMARTS) is 1. The molecule has 1 unspecified atom stereocenters. The summed E-state index contributed by atoms with van der Waals surface area (Å²) >= 11 is 1.40. The number of rotatable bonds is 2. The molecule has 0 fully saturated rings. The Balaban J connectivity index is 2.22. The molecule has 1 aliphatic rings. The van der Waals surface area contributed by atoms with Gasteiger partial charge in [-0.1, -0.05) is 0 Å². The van der Waals surface area contributed by atoms with Gasteiger partial charge < -0.3 is 10.2 Å². The smallest absolute Gasteiger partial charge is 0.336 e. The normalized spacial score (nSPS) is 18.1. The second kappa shape index (κ2) is 4.75. The van der Waals surface area contributed by atoms with Crippen molar-refractivity contribution in [3.63, 3.8) is 0 Å². The third-order valence-electron chi connectivity index (χ3n) is 3.46. The molecular formula is C14H13NO3S. The average molecular weight is 275 g/mol. The molecule has 0 amide bonds. The zero-order chi connectivity index (χ0) is 13.4. The van der Waals surface area contributed by atoms with Crippen LogP contribution in [0, 0.1) is 0 Å². The first-order valence-corrected chi connectivity index (χ1v) is 7.03. The van der Waals surface area contributed by atoms with Gasteiger partial charge >= 0.3 is 5.97 Å². The summed E-state index contributed by atoms with van der Waals surface area (Å²) in [4.78, 5) is 15.6. The van der Waals surface area contributed by atoms with Crippen LogP contribution in [0.15, 0.2) is 23.7 Å². The summed E-state index contributed by atoms with van der Waals surface area (Å²) in [6.07, 6.45) is 3.61. The van der Waals surface area contributed by atoms with Gasteiger partial charge in [-0.25, -0.2) is 9.78 Å². The van der Waals surface area contributed by atoms with Crippen molar-refractivity contribution in [2.45, 2.75) is 25.4 Å². The molecule has 0 saturated carbocycles. The summed E-state index contributed by atoms with van der Waals surface area (Å²) in [5.74, 6) is -0.951. The molecule has 5 heteroatoms. The quantitative estimate of drug-likeness (QED) is 0.884. The lowest BCUT2D eigenvalue weighted by molar-refractivity contribution is 0.0697. The van der Waals surface area contributed by atoms with Gasteiger partial charge in [-0.2, -0.15) is 0 Å². The highest BCUT2D eigenvalue weighted by Crippen LogP contribution is 2.36. The molecule has 0 spiro atoms. The Kier molecular flexibility index (Phi) is 3.08. The van der Waals surface area contributed by atoms with Crippen LogP contribution in [-0.4, -0.2) is 21.2 Å². The Morgan fingerprint density at radius 1 is 1.42 bits per heavy atom. The fourth-order valence-corrected chi connectivity index (χ4v) is 3.21. The maximum atomic E-state index is 11.4. The summed E-state index contributed by atoms with van der Waals surface area (Å²) < 4.78 is 0. The van der Waals surface area contributed by atoms with Gasteiger partial charge in [0.1, 0.15) is 5.01 Å². The van der Waals surface area contributed by atoms with Crippen LogP contribution in [0.1, 0.15) is 40.4 Å². The molecule has 1 atom stereocenters. The molecule has 1 aromatic heterocycles. The highest BCUT2D eigenvalue weighted by molar-refractivity contribution is 7.13. The lowest BCUT2D eigenvalue weighted by Gasteiger charge is -2.22. The molecule has 98 valence electrons. The molecular weight excluding hydrogens is 262 g/mol. The van der Waals surface area contributed by atoms with E-state index in [-0.39, 0.29) is 5.56 Å². The van der Waals surface area contributed by atoms with Gasteiger partial charge in [0.2, 0.25) is 0 Å². The summed E-state index contributed by atoms with van der Waals surface area (Å²) in [5.41, 5.74) is 2.66. The second-order valence-corrected chi connectivity index (χ2v) is 5.54. The predicted octanol–water partition coefficient (Wildman–Crippen LogP) is 2.88. The van der Waals surface area contributed by atoms with Crippen LogP contribution in [0.2, 0.25) is 0 Å². The molecule has 2 N–H and O–H groups in total. The van der Waals surface area contributed by atoms with Crippen LogP contribution in [-0.2, 0) is 6.42 Å². The topological polar surface area (TPSA) is 70.4 Å². The van der Waals surface area contributed by atoms with Crippen molar-refractivity contribution in [3.05, 3.63) is 40.4 Å². The number of aromatic carboxylic acids is 1. The number of aromatic nitrogens is 1. The highest BCUT2D eigenvalue weighted by atomic mass is 32.1. The van der Waals surface area contributed by atoms with E-state index in [9.17, 15) is 15.0 Å². The molecule has 19 heavy (non-hydrogen) atoms. The van der Waals surface area contributed by atoms with Gasteiger partial charge in [-0.15, -0.1) is 11.3 Å². The van der Waals surface area contributed by atoms with Crippen molar-refractivity contribution < 1.29 is 15.0 Å². The first-order valence-electron chi connectivity index (χ1n) is 6.15. The van der Waals surface area contributed by atoms with E-state index in [1.54, 1.807) is 18.3 Å². The van der Waals surface area contributed by atoms with Gasteiger partial charge in [-0.05, 0) is 42.5 Å². The summed E-state index contributed by atoms with van der Waals surface area (Å²) in [6.45, 7) is 0. The van der Waals surface area contributed by atoms with Crippen LogP contribution < -0.4 is 0 Å². The van der Waals surface area contributed by atoms with E-state index in [2.05, 4.69) is 4.98 Å². The Hall–Kier alpha value is -1.72. The molecule has 0 radical (unpaired) electrons. The molecule has 1 aromatic carbocycles. The number of carboxylic acids is 1. The Morgan fingerprint density at radius 2 is 2.26 bits per heavy atom. The zero-order valence-corrected chi connectivity index (χ0v) is 11.0. The van der Waals surface area contributed by atoms with Gasteiger partial charge in [0.25, 0.3) is 0 Å².